The molecule has 2 atom stereocenters. The number of rotatable bonds is 9. The molecule has 212 valence electrons. The van der Waals surface area contributed by atoms with Crippen LogP contribution >= 0.6 is 11.6 Å². The van der Waals surface area contributed by atoms with Crippen LogP contribution in [-0.4, -0.2) is 69.5 Å². The second-order valence-corrected chi connectivity index (χ2v) is 8.81. The lowest BCUT2D eigenvalue weighted by Gasteiger charge is -2.15. The Morgan fingerprint density at radius 1 is 1.15 bits per heavy atom. The summed E-state index contributed by atoms with van der Waals surface area (Å²) in [5.74, 6) is -0.489. The molecule has 0 radical (unpaired) electrons. The largest absolute Gasteiger partial charge is 0.478 e. The van der Waals surface area contributed by atoms with E-state index in [-0.39, 0.29) is 34.7 Å². The molecule has 0 spiro atoms. The van der Waals surface area contributed by atoms with Crippen molar-refractivity contribution in [2.45, 2.75) is 45.3 Å². The minimum absolute atomic E-state index is 0.0208. The lowest BCUT2D eigenvalue weighted by Crippen LogP contribution is -2.37. The SMILES string of the molecule is COc1nccnc1-n1nc(Cn2nc(-c3ccc(Cl)cc3)n(CC(O)C(F)(F)F)c2=O)nc1C(C)OC(C)=O. The highest BCUT2D eigenvalue weighted by molar-refractivity contribution is 6.30. The molecular weight excluding hydrogens is 561 g/mol. The fourth-order valence-electron chi connectivity index (χ4n) is 3.69. The van der Waals surface area contributed by atoms with Crippen molar-refractivity contribution in [2.24, 2.45) is 0 Å². The van der Waals surface area contributed by atoms with Crippen molar-refractivity contribution < 1.29 is 32.5 Å². The van der Waals surface area contributed by atoms with Gasteiger partial charge in [-0.05, 0) is 31.2 Å². The van der Waals surface area contributed by atoms with E-state index < -0.39 is 43.1 Å². The lowest BCUT2D eigenvalue weighted by molar-refractivity contribution is -0.207. The van der Waals surface area contributed by atoms with Crippen molar-refractivity contribution in [3.63, 3.8) is 0 Å². The fraction of sp³-hybridized carbons (Fsp3) is 0.348. The zero-order valence-electron chi connectivity index (χ0n) is 21.2. The van der Waals surface area contributed by atoms with Crippen LogP contribution in [-0.2, 0) is 22.6 Å². The summed E-state index contributed by atoms with van der Waals surface area (Å²) in [4.78, 5) is 37.5. The number of ether oxygens (including phenoxy) is 2. The second-order valence-electron chi connectivity index (χ2n) is 8.38. The van der Waals surface area contributed by atoms with Crippen LogP contribution in [0.1, 0.15) is 31.6 Å². The molecule has 1 aromatic carbocycles. The number of alkyl halides is 3. The molecule has 40 heavy (non-hydrogen) atoms. The Morgan fingerprint density at radius 3 is 2.45 bits per heavy atom. The minimum atomic E-state index is -4.98. The Morgan fingerprint density at radius 2 is 1.82 bits per heavy atom. The summed E-state index contributed by atoms with van der Waals surface area (Å²) in [7, 11) is 1.36. The van der Waals surface area contributed by atoms with Crippen LogP contribution in [0.2, 0.25) is 5.02 Å². The Balaban J connectivity index is 1.80. The molecule has 0 saturated carbocycles. The topological polar surface area (TPSA) is 152 Å². The van der Waals surface area contributed by atoms with Gasteiger partial charge < -0.3 is 14.6 Å². The van der Waals surface area contributed by atoms with Crippen LogP contribution in [0.4, 0.5) is 13.2 Å². The van der Waals surface area contributed by atoms with Gasteiger partial charge in [0.1, 0.15) is 6.54 Å². The van der Waals surface area contributed by atoms with E-state index in [2.05, 4.69) is 25.1 Å². The third-order valence-electron chi connectivity index (χ3n) is 5.47. The first-order valence-corrected chi connectivity index (χ1v) is 11.9. The zero-order valence-corrected chi connectivity index (χ0v) is 22.0. The third kappa shape index (κ3) is 6.12. The monoisotopic (exact) mass is 582 g/mol. The Labute approximate surface area is 228 Å². The summed E-state index contributed by atoms with van der Waals surface area (Å²) in [6, 6.07) is 5.89. The summed E-state index contributed by atoms with van der Waals surface area (Å²) in [6.07, 6.45) is -5.97. The third-order valence-corrected chi connectivity index (χ3v) is 5.72. The van der Waals surface area contributed by atoms with Gasteiger partial charge in [0, 0.05) is 29.9 Å². The smallest absolute Gasteiger partial charge is 0.416 e. The van der Waals surface area contributed by atoms with Gasteiger partial charge in [0.05, 0.1) is 13.7 Å². The molecule has 3 aromatic heterocycles. The molecule has 4 rings (SSSR count). The number of aliphatic hydroxyl groups is 1. The molecule has 0 aliphatic heterocycles. The molecule has 13 nitrogen and oxygen atoms in total. The van der Waals surface area contributed by atoms with Crippen molar-refractivity contribution in [1.29, 1.82) is 0 Å². The molecule has 0 saturated heterocycles. The van der Waals surface area contributed by atoms with Gasteiger partial charge >= 0.3 is 17.8 Å². The molecule has 1 N–H and O–H groups in total. The fourth-order valence-corrected chi connectivity index (χ4v) is 3.82. The number of hydrogen-bond donors (Lipinski definition) is 1. The molecule has 0 fully saturated rings. The van der Waals surface area contributed by atoms with Gasteiger partial charge in [-0.25, -0.2) is 24.4 Å². The van der Waals surface area contributed by atoms with Crippen molar-refractivity contribution in [1.82, 2.24) is 39.1 Å². The van der Waals surface area contributed by atoms with Crippen molar-refractivity contribution in [3.05, 3.63) is 63.8 Å². The van der Waals surface area contributed by atoms with Gasteiger partial charge in [0.25, 0.3) is 5.88 Å². The number of aliphatic hydroxyl groups excluding tert-OH is 1. The van der Waals surface area contributed by atoms with Crippen LogP contribution in [0.15, 0.2) is 41.5 Å². The number of carbonyl (C=O) groups is 1. The zero-order chi connectivity index (χ0) is 29.2. The lowest BCUT2D eigenvalue weighted by atomic mass is 10.2. The van der Waals surface area contributed by atoms with Crippen LogP contribution in [0.5, 0.6) is 5.88 Å². The number of nitrogens with zero attached hydrogens (tertiary/aromatic N) is 8. The highest BCUT2D eigenvalue weighted by Gasteiger charge is 2.39. The first-order valence-electron chi connectivity index (χ1n) is 11.6. The average Bonchev–Trinajstić information content (AvgIpc) is 3.45. The molecule has 0 aliphatic rings. The first-order chi connectivity index (χ1) is 18.9. The Kier molecular flexibility index (Phi) is 8.20. The van der Waals surface area contributed by atoms with E-state index in [9.17, 15) is 27.9 Å². The van der Waals surface area contributed by atoms with Crippen LogP contribution in [0.25, 0.3) is 17.2 Å². The molecule has 3 heterocycles. The maximum Gasteiger partial charge on any atom is 0.416 e. The van der Waals surface area contributed by atoms with E-state index in [0.29, 0.717) is 9.59 Å². The highest BCUT2D eigenvalue weighted by Crippen LogP contribution is 2.25. The summed E-state index contributed by atoms with van der Waals surface area (Å²) >= 11 is 5.92. The minimum Gasteiger partial charge on any atom is -0.478 e. The average molecular weight is 583 g/mol. The van der Waals surface area contributed by atoms with Crippen LogP contribution in [0.3, 0.4) is 0 Å². The van der Waals surface area contributed by atoms with E-state index in [1.165, 1.54) is 62.3 Å². The van der Waals surface area contributed by atoms with Gasteiger partial charge in [0.2, 0.25) is 5.82 Å². The number of esters is 1. The standard InChI is InChI=1S/C23H22ClF3N8O5/c1-12(40-13(2)36)18-30-17(31-35(18)20-21(39-3)29-9-8-28-20)11-34-22(38)33(10-16(37)23(25,26)27)19(32-34)14-4-6-15(24)7-5-14/h4-9,12,16,37H,10-11H2,1-3H3. The van der Waals surface area contributed by atoms with Crippen LogP contribution < -0.4 is 10.4 Å². The quantitative estimate of drug-likeness (QED) is 0.291. The van der Waals surface area contributed by atoms with Gasteiger partial charge in [-0.2, -0.15) is 17.9 Å². The van der Waals surface area contributed by atoms with E-state index >= 15 is 0 Å². The molecule has 0 amide bonds. The first kappa shape index (κ1) is 28.7. The van der Waals surface area contributed by atoms with Crippen LogP contribution in [0, 0.1) is 0 Å². The molecule has 4 aromatic rings. The number of methoxy groups -OCH3 is 1. The number of hydrogen-bond acceptors (Lipinski definition) is 10. The predicted molar refractivity (Wildman–Crippen MR) is 132 cm³/mol. The number of carbonyl (C=O) groups excluding carboxylic acids is 1. The van der Waals surface area contributed by atoms with E-state index in [0.717, 1.165) is 4.68 Å². The van der Waals surface area contributed by atoms with E-state index in [4.69, 9.17) is 21.1 Å². The number of benzene rings is 1. The normalized spacial score (nSPS) is 13.2. The van der Waals surface area contributed by atoms with Crippen molar-refractivity contribution >= 4 is 17.6 Å². The molecule has 2 unspecified atom stereocenters. The second kappa shape index (κ2) is 11.4. The summed E-state index contributed by atoms with van der Waals surface area (Å²) in [5, 5.41) is 18.6. The van der Waals surface area contributed by atoms with Gasteiger partial charge in [0.15, 0.2) is 29.7 Å². The Bertz CT molecular complexity index is 1570. The predicted octanol–water partition coefficient (Wildman–Crippen LogP) is 2.34. The number of halogens is 4. The summed E-state index contributed by atoms with van der Waals surface area (Å²) in [6.45, 7) is 1.24. The van der Waals surface area contributed by atoms with Crippen molar-refractivity contribution in [3.8, 4) is 23.1 Å². The maximum atomic E-state index is 13.2. The van der Waals surface area contributed by atoms with E-state index in [1.54, 1.807) is 0 Å². The maximum absolute atomic E-state index is 13.2. The van der Waals surface area contributed by atoms with Gasteiger partial charge in [-0.15, -0.1) is 10.2 Å². The van der Waals surface area contributed by atoms with Gasteiger partial charge in [-0.3, -0.25) is 9.36 Å². The molecule has 0 bridgehead atoms. The summed E-state index contributed by atoms with van der Waals surface area (Å²) in [5.41, 5.74) is -0.683. The number of aromatic nitrogens is 8. The molecule has 0 aliphatic carbocycles. The molecule has 17 heteroatoms. The van der Waals surface area contributed by atoms with Gasteiger partial charge in [-0.1, -0.05) is 11.6 Å². The highest BCUT2D eigenvalue weighted by atomic mass is 35.5. The Hall–Kier alpha value is -4.31. The van der Waals surface area contributed by atoms with E-state index in [1.807, 2.05) is 0 Å². The van der Waals surface area contributed by atoms with Crippen molar-refractivity contribution in [2.75, 3.05) is 7.11 Å². The summed E-state index contributed by atoms with van der Waals surface area (Å²) < 4.78 is 52.7. The molecular formula is C23H22ClF3N8O5.